The van der Waals surface area contributed by atoms with Gasteiger partial charge in [0.2, 0.25) is 5.91 Å². The van der Waals surface area contributed by atoms with E-state index >= 15 is 0 Å². The maximum Gasteiger partial charge on any atom is 0.307 e. The molecule has 1 atom stereocenters. The first-order valence-electron chi connectivity index (χ1n) is 8.54. The monoisotopic (exact) mass is 344 g/mol. The molecule has 3 rings (SSSR count). The Labute approximate surface area is 146 Å². The normalized spacial score (nSPS) is 17.4. The average Bonchev–Trinajstić information content (AvgIpc) is 3.15. The Hall–Kier alpha value is -1.88. The molecule has 1 amide bonds. The zero-order valence-electron chi connectivity index (χ0n) is 14.3. The van der Waals surface area contributed by atoms with Gasteiger partial charge < -0.3 is 9.47 Å². The molecule has 1 unspecified atom stereocenters. The molecular formula is C19H24N2O2S. The summed E-state index contributed by atoms with van der Waals surface area (Å²) in [5.41, 5.74) is 3.49. The number of benzene rings is 1. The minimum absolute atomic E-state index is 0.0259. The van der Waals surface area contributed by atoms with Crippen molar-refractivity contribution < 1.29 is 4.79 Å². The SMILES string of the molecule is Cc1ccc(CC2CCCN2C(=O)CCn2c(C)csc2=O)cc1. The lowest BCUT2D eigenvalue weighted by Gasteiger charge is -2.25. The lowest BCUT2D eigenvalue weighted by atomic mass is 10.0. The third-order valence-electron chi connectivity index (χ3n) is 4.82. The van der Waals surface area contributed by atoms with Gasteiger partial charge >= 0.3 is 4.87 Å². The van der Waals surface area contributed by atoms with Crippen molar-refractivity contribution in [2.45, 2.75) is 52.1 Å². The molecular weight excluding hydrogens is 320 g/mol. The molecule has 1 aromatic heterocycles. The van der Waals surface area contributed by atoms with E-state index in [0.29, 0.717) is 19.0 Å². The average molecular weight is 344 g/mol. The Morgan fingerprint density at radius 1 is 1.25 bits per heavy atom. The molecule has 24 heavy (non-hydrogen) atoms. The highest BCUT2D eigenvalue weighted by Gasteiger charge is 2.28. The molecule has 2 heterocycles. The number of rotatable bonds is 5. The molecule has 0 N–H and O–H groups in total. The number of hydrogen-bond donors (Lipinski definition) is 0. The van der Waals surface area contributed by atoms with E-state index in [-0.39, 0.29) is 10.8 Å². The summed E-state index contributed by atoms with van der Waals surface area (Å²) in [5.74, 6) is 0.169. The van der Waals surface area contributed by atoms with E-state index in [9.17, 15) is 9.59 Å². The largest absolute Gasteiger partial charge is 0.339 e. The Morgan fingerprint density at radius 3 is 2.67 bits per heavy atom. The van der Waals surface area contributed by atoms with Crippen LogP contribution in [0.3, 0.4) is 0 Å². The van der Waals surface area contributed by atoms with E-state index in [0.717, 1.165) is 31.5 Å². The van der Waals surface area contributed by atoms with Gasteiger partial charge in [-0.15, -0.1) is 0 Å². The number of aryl methyl sites for hydroxylation is 2. The number of thiazole rings is 1. The number of hydrogen-bond acceptors (Lipinski definition) is 3. The van der Waals surface area contributed by atoms with Crippen molar-refractivity contribution in [1.29, 1.82) is 0 Å². The topological polar surface area (TPSA) is 42.3 Å². The van der Waals surface area contributed by atoms with E-state index in [2.05, 4.69) is 31.2 Å². The van der Waals surface area contributed by atoms with Crippen LogP contribution >= 0.6 is 11.3 Å². The highest BCUT2D eigenvalue weighted by molar-refractivity contribution is 7.07. The van der Waals surface area contributed by atoms with Gasteiger partial charge in [-0.3, -0.25) is 9.59 Å². The molecule has 1 fully saturated rings. The second-order valence-electron chi connectivity index (χ2n) is 6.62. The summed E-state index contributed by atoms with van der Waals surface area (Å²) in [5, 5.41) is 1.85. The molecule has 0 radical (unpaired) electrons. The maximum atomic E-state index is 12.6. The van der Waals surface area contributed by atoms with Crippen molar-refractivity contribution in [3.8, 4) is 0 Å². The molecule has 2 aromatic rings. The molecule has 0 spiro atoms. The standard InChI is InChI=1S/C19H24N2O2S/c1-14-5-7-16(8-6-14)12-17-4-3-10-21(17)18(22)9-11-20-15(2)13-24-19(20)23/h5-8,13,17H,3-4,9-12H2,1-2H3. The molecule has 1 aliphatic heterocycles. The van der Waals surface area contributed by atoms with Crippen molar-refractivity contribution in [3.05, 3.63) is 56.1 Å². The number of amides is 1. The molecule has 128 valence electrons. The Balaban J connectivity index is 1.61. The maximum absolute atomic E-state index is 12.6. The lowest BCUT2D eigenvalue weighted by Crippen LogP contribution is -2.37. The summed E-state index contributed by atoms with van der Waals surface area (Å²) < 4.78 is 1.70. The van der Waals surface area contributed by atoms with Crippen LogP contribution in [0.15, 0.2) is 34.4 Å². The quantitative estimate of drug-likeness (QED) is 0.836. The number of nitrogens with zero attached hydrogens (tertiary/aromatic N) is 2. The molecule has 1 saturated heterocycles. The molecule has 4 nitrogen and oxygen atoms in total. The second kappa shape index (κ2) is 7.34. The smallest absolute Gasteiger partial charge is 0.307 e. The minimum atomic E-state index is 0.0259. The molecule has 5 heteroatoms. The Morgan fingerprint density at radius 2 is 2.00 bits per heavy atom. The number of likely N-dealkylation sites (tertiary alicyclic amines) is 1. The van der Waals surface area contributed by atoms with Gasteiger partial charge in [-0.2, -0.15) is 0 Å². The summed E-state index contributed by atoms with van der Waals surface area (Å²) >= 11 is 1.20. The van der Waals surface area contributed by atoms with Crippen molar-refractivity contribution in [2.75, 3.05) is 6.54 Å². The number of carbonyl (C=O) groups is 1. The first-order valence-corrected chi connectivity index (χ1v) is 9.42. The van der Waals surface area contributed by atoms with Crippen LogP contribution in [0.25, 0.3) is 0 Å². The van der Waals surface area contributed by atoms with Gasteiger partial charge in [0.05, 0.1) is 0 Å². The highest BCUT2D eigenvalue weighted by Crippen LogP contribution is 2.22. The van der Waals surface area contributed by atoms with Crippen LogP contribution in [0.1, 0.15) is 36.1 Å². The summed E-state index contributed by atoms with van der Waals surface area (Å²) in [6.45, 7) is 5.33. The van der Waals surface area contributed by atoms with Crippen LogP contribution in [0.2, 0.25) is 0 Å². The fourth-order valence-electron chi connectivity index (χ4n) is 3.40. The van der Waals surface area contributed by atoms with E-state index < -0.39 is 0 Å². The van der Waals surface area contributed by atoms with Crippen molar-refractivity contribution in [3.63, 3.8) is 0 Å². The molecule has 1 aliphatic rings. The van der Waals surface area contributed by atoms with Crippen molar-refractivity contribution in [1.82, 2.24) is 9.47 Å². The van der Waals surface area contributed by atoms with Crippen molar-refractivity contribution in [2.24, 2.45) is 0 Å². The third kappa shape index (κ3) is 3.78. The van der Waals surface area contributed by atoms with Crippen molar-refractivity contribution >= 4 is 17.2 Å². The van der Waals surface area contributed by atoms with Gasteiger partial charge in [0.25, 0.3) is 0 Å². The predicted octanol–water partition coefficient (Wildman–Crippen LogP) is 3.15. The van der Waals surface area contributed by atoms with Crippen LogP contribution in [0, 0.1) is 13.8 Å². The fourth-order valence-corrected chi connectivity index (χ4v) is 4.16. The molecule has 1 aromatic carbocycles. The molecule has 0 bridgehead atoms. The van der Waals surface area contributed by atoms with Gasteiger partial charge in [0.1, 0.15) is 0 Å². The third-order valence-corrected chi connectivity index (χ3v) is 5.70. The zero-order valence-corrected chi connectivity index (χ0v) is 15.1. The fraction of sp³-hybridized carbons (Fsp3) is 0.474. The van der Waals surface area contributed by atoms with Crippen LogP contribution in [0.4, 0.5) is 0 Å². The molecule has 0 saturated carbocycles. The first kappa shape index (κ1) is 17.0. The van der Waals surface area contributed by atoms with Crippen LogP contribution in [-0.2, 0) is 17.8 Å². The van der Waals surface area contributed by atoms with E-state index in [4.69, 9.17) is 0 Å². The summed E-state index contributed by atoms with van der Waals surface area (Å²) in [6.07, 6.45) is 3.46. The Bertz CT molecular complexity index is 760. The summed E-state index contributed by atoms with van der Waals surface area (Å²) in [4.78, 5) is 26.4. The Kier molecular flexibility index (Phi) is 5.19. The van der Waals surface area contributed by atoms with Gasteiger partial charge in [-0.25, -0.2) is 0 Å². The minimum Gasteiger partial charge on any atom is -0.339 e. The van der Waals surface area contributed by atoms with Crippen LogP contribution in [-0.4, -0.2) is 28.0 Å². The first-order chi connectivity index (χ1) is 11.5. The van der Waals surface area contributed by atoms with E-state index in [1.807, 2.05) is 17.2 Å². The zero-order chi connectivity index (χ0) is 17.1. The van der Waals surface area contributed by atoms with Gasteiger partial charge in [-0.05, 0) is 38.7 Å². The van der Waals surface area contributed by atoms with Gasteiger partial charge in [0.15, 0.2) is 0 Å². The van der Waals surface area contributed by atoms with Gasteiger partial charge in [-0.1, -0.05) is 41.2 Å². The highest BCUT2D eigenvalue weighted by atomic mass is 32.1. The van der Waals surface area contributed by atoms with E-state index in [1.165, 1.54) is 22.5 Å². The van der Waals surface area contributed by atoms with Crippen LogP contribution < -0.4 is 4.87 Å². The van der Waals surface area contributed by atoms with Gasteiger partial charge in [0, 0.05) is 36.6 Å². The lowest BCUT2D eigenvalue weighted by molar-refractivity contribution is -0.132. The summed E-state index contributed by atoms with van der Waals surface area (Å²) in [7, 11) is 0. The molecule has 0 aliphatic carbocycles. The number of aromatic nitrogens is 1. The van der Waals surface area contributed by atoms with E-state index in [1.54, 1.807) is 4.57 Å². The second-order valence-corrected chi connectivity index (χ2v) is 7.44. The van der Waals surface area contributed by atoms with Crippen LogP contribution in [0.5, 0.6) is 0 Å². The number of carbonyl (C=O) groups excluding carboxylic acids is 1. The predicted molar refractivity (Wildman–Crippen MR) is 97.6 cm³/mol. The summed E-state index contributed by atoms with van der Waals surface area (Å²) in [6, 6.07) is 8.86.